The second kappa shape index (κ2) is 5.07. The first-order valence-electron chi connectivity index (χ1n) is 5.17. The maximum absolute atomic E-state index is 11.1. The molecule has 1 aromatic heterocycles. The van der Waals surface area contributed by atoms with Crippen LogP contribution in [0.1, 0.15) is 9.67 Å². The van der Waals surface area contributed by atoms with Gasteiger partial charge in [0.15, 0.2) is 15.8 Å². The van der Waals surface area contributed by atoms with E-state index in [0.29, 0.717) is 10.8 Å². The van der Waals surface area contributed by atoms with E-state index in [4.69, 9.17) is 16.0 Å². The number of carbonyl (C=O) groups is 1. The maximum atomic E-state index is 11.1. The molecule has 0 aliphatic carbocycles. The highest BCUT2D eigenvalue weighted by molar-refractivity contribution is 7.89. The molecule has 2 aromatic rings. The van der Waals surface area contributed by atoms with Crippen LogP contribution in [0.15, 0.2) is 29.2 Å². The van der Waals surface area contributed by atoms with Crippen molar-refractivity contribution < 1.29 is 18.3 Å². The van der Waals surface area contributed by atoms with Crippen LogP contribution in [0.5, 0.6) is 0 Å². The summed E-state index contributed by atoms with van der Waals surface area (Å²) in [5.41, 5.74) is 5.99. The number of primary sulfonamides is 1. The van der Waals surface area contributed by atoms with Crippen LogP contribution in [0.3, 0.4) is 0 Å². The lowest BCUT2D eigenvalue weighted by Gasteiger charge is -2.03. The topological polar surface area (TPSA) is 148 Å². The molecule has 0 amide bonds. The molecule has 0 fully saturated rings. The van der Waals surface area contributed by atoms with Crippen LogP contribution >= 0.6 is 11.3 Å². The molecule has 0 atom stereocenters. The van der Waals surface area contributed by atoms with Gasteiger partial charge in [-0.3, -0.25) is 0 Å². The van der Waals surface area contributed by atoms with Gasteiger partial charge in [0.05, 0.1) is 4.90 Å². The SMILES string of the molecule is Nc1nc(Nc2ccc(S(N)(=O)=O)cc2)sc1C(=O)O. The molecular weight excluding hydrogens is 304 g/mol. The summed E-state index contributed by atoms with van der Waals surface area (Å²) in [7, 11) is -3.74. The summed E-state index contributed by atoms with van der Waals surface area (Å²) >= 11 is 0.882. The summed E-state index contributed by atoms with van der Waals surface area (Å²) in [6, 6.07) is 5.62. The Morgan fingerprint density at radius 1 is 1.30 bits per heavy atom. The minimum Gasteiger partial charge on any atom is -0.477 e. The summed E-state index contributed by atoms with van der Waals surface area (Å²) in [4.78, 5) is 14.6. The van der Waals surface area contributed by atoms with E-state index < -0.39 is 16.0 Å². The fraction of sp³-hybridized carbons (Fsp3) is 0. The van der Waals surface area contributed by atoms with Gasteiger partial charge >= 0.3 is 5.97 Å². The number of sulfonamides is 1. The number of aromatic carboxylic acids is 1. The summed E-state index contributed by atoms with van der Waals surface area (Å²) in [5.74, 6) is -1.23. The minimum absolute atomic E-state index is 0.0204. The number of nitrogens with two attached hydrogens (primary N) is 2. The second-order valence-electron chi connectivity index (χ2n) is 3.73. The van der Waals surface area contributed by atoms with Crippen molar-refractivity contribution >= 4 is 44.0 Å². The van der Waals surface area contributed by atoms with Gasteiger partial charge in [0, 0.05) is 5.69 Å². The smallest absolute Gasteiger partial charge is 0.349 e. The van der Waals surface area contributed by atoms with Crippen LogP contribution in [-0.2, 0) is 10.0 Å². The molecule has 0 aliphatic heterocycles. The zero-order valence-electron chi connectivity index (χ0n) is 9.90. The molecule has 106 valence electrons. The summed E-state index contributed by atoms with van der Waals surface area (Å²) in [6.07, 6.45) is 0. The average molecular weight is 314 g/mol. The van der Waals surface area contributed by atoms with Gasteiger partial charge < -0.3 is 16.2 Å². The third kappa shape index (κ3) is 3.04. The fourth-order valence-corrected chi connectivity index (χ4v) is 2.65. The van der Waals surface area contributed by atoms with Crippen molar-refractivity contribution in [1.82, 2.24) is 4.98 Å². The molecule has 20 heavy (non-hydrogen) atoms. The molecule has 1 aromatic carbocycles. The molecule has 0 bridgehead atoms. The predicted octanol–water partition coefficient (Wildman–Crippen LogP) is 0.815. The van der Waals surface area contributed by atoms with Gasteiger partial charge in [0.2, 0.25) is 10.0 Å². The van der Waals surface area contributed by atoms with E-state index in [1.54, 1.807) is 0 Å². The van der Waals surface area contributed by atoms with Crippen LogP contribution in [0, 0.1) is 0 Å². The van der Waals surface area contributed by atoms with E-state index in [1.165, 1.54) is 24.3 Å². The second-order valence-corrected chi connectivity index (χ2v) is 6.29. The Hall–Kier alpha value is -2.17. The average Bonchev–Trinajstić information content (AvgIpc) is 2.70. The molecule has 0 radical (unpaired) electrons. The fourth-order valence-electron chi connectivity index (χ4n) is 1.39. The third-order valence-electron chi connectivity index (χ3n) is 2.28. The number of anilines is 3. The monoisotopic (exact) mass is 314 g/mol. The number of nitrogens with one attached hydrogen (secondary N) is 1. The third-order valence-corrected chi connectivity index (χ3v) is 4.19. The number of nitrogen functional groups attached to an aromatic ring is 1. The van der Waals surface area contributed by atoms with E-state index in [0.717, 1.165) is 11.3 Å². The minimum atomic E-state index is -3.74. The normalized spacial score (nSPS) is 11.2. The lowest BCUT2D eigenvalue weighted by molar-refractivity contribution is 0.0703. The Labute approximate surface area is 118 Å². The Balaban J connectivity index is 2.22. The first kappa shape index (κ1) is 14.2. The van der Waals surface area contributed by atoms with Gasteiger partial charge in [-0.2, -0.15) is 0 Å². The van der Waals surface area contributed by atoms with Crippen LogP contribution in [0.4, 0.5) is 16.6 Å². The Morgan fingerprint density at radius 3 is 2.35 bits per heavy atom. The first-order chi connectivity index (χ1) is 9.27. The number of thiazole rings is 1. The van der Waals surface area contributed by atoms with Crippen molar-refractivity contribution in [2.24, 2.45) is 5.14 Å². The number of carboxylic acid groups (broad SMARTS) is 1. The largest absolute Gasteiger partial charge is 0.477 e. The first-order valence-corrected chi connectivity index (χ1v) is 7.53. The number of hydrogen-bond acceptors (Lipinski definition) is 7. The van der Waals surface area contributed by atoms with E-state index in [-0.39, 0.29) is 15.6 Å². The van der Waals surface area contributed by atoms with Crippen LogP contribution in [0.2, 0.25) is 0 Å². The van der Waals surface area contributed by atoms with E-state index in [9.17, 15) is 13.2 Å². The van der Waals surface area contributed by atoms with Crippen molar-refractivity contribution in [3.8, 4) is 0 Å². The van der Waals surface area contributed by atoms with Crippen molar-refractivity contribution in [2.45, 2.75) is 4.90 Å². The highest BCUT2D eigenvalue weighted by Gasteiger charge is 2.15. The van der Waals surface area contributed by atoms with E-state index >= 15 is 0 Å². The van der Waals surface area contributed by atoms with E-state index in [1.807, 2.05) is 0 Å². The summed E-state index contributed by atoms with van der Waals surface area (Å²) in [6.45, 7) is 0. The van der Waals surface area contributed by atoms with Crippen LogP contribution in [0.25, 0.3) is 0 Å². The van der Waals surface area contributed by atoms with Crippen molar-refractivity contribution in [3.05, 3.63) is 29.1 Å². The van der Waals surface area contributed by atoms with Gasteiger partial charge in [-0.1, -0.05) is 11.3 Å². The van der Waals surface area contributed by atoms with Gasteiger partial charge in [-0.25, -0.2) is 23.3 Å². The molecule has 2 rings (SSSR count). The van der Waals surface area contributed by atoms with Gasteiger partial charge in [-0.15, -0.1) is 0 Å². The molecule has 8 nitrogen and oxygen atoms in total. The van der Waals surface area contributed by atoms with Gasteiger partial charge in [0.1, 0.15) is 0 Å². The van der Waals surface area contributed by atoms with Crippen molar-refractivity contribution in [2.75, 3.05) is 11.1 Å². The molecule has 0 saturated heterocycles. The quantitative estimate of drug-likeness (QED) is 0.652. The highest BCUT2D eigenvalue weighted by Crippen LogP contribution is 2.27. The number of rotatable bonds is 4. The lowest BCUT2D eigenvalue weighted by atomic mass is 10.3. The molecular formula is C10H10N4O4S2. The van der Waals surface area contributed by atoms with Crippen molar-refractivity contribution in [3.63, 3.8) is 0 Å². The maximum Gasteiger partial charge on any atom is 0.349 e. The molecule has 1 heterocycles. The van der Waals surface area contributed by atoms with Crippen LogP contribution in [-0.4, -0.2) is 24.5 Å². The van der Waals surface area contributed by atoms with Crippen LogP contribution < -0.4 is 16.2 Å². The Bertz CT molecular complexity index is 752. The number of benzene rings is 1. The predicted molar refractivity (Wildman–Crippen MR) is 74.6 cm³/mol. The number of hydrogen-bond donors (Lipinski definition) is 4. The molecule has 10 heteroatoms. The number of nitrogens with zero attached hydrogens (tertiary/aromatic N) is 1. The molecule has 6 N–H and O–H groups in total. The molecule has 0 aliphatic rings. The van der Waals surface area contributed by atoms with Crippen molar-refractivity contribution in [1.29, 1.82) is 0 Å². The summed E-state index contributed by atoms with van der Waals surface area (Å²) < 4.78 is 22.2. The standard InChI is InChI=1S/C10H10N4O4S2/c11-8-7(9(15)16)19-10(14-8)13-5-1-3-6(4-2-5)20(12,17)18/h1-4H,11H2,(H,13,14)(H,15,16)(H2,12,17,18). The number of carboxylic acids is 1. The molecule has 0 spiro atoms. The molecule has 0 saturated carbocycles. The zero-order valence-corrected chi connectivity index (χ0v) is 11.5. The van der Waals surface area contributed by atoms with Gasteiger partial charge in [-0.05, 0) is 24.3 Å². The Kier molecular flexibility index (Phi) is 3.61. The van der Waals surface area contributed by atoms with Gasteiger partial charge in [0.25, 0.3) is 0 Å². The zero-order chi connectivity index (χ0) is 14.9. The Morgan fingerprint density at radius 2 is 1.90 bits per heavy atom. The molecule has 0 unspecified atom stereocenters. The lowest BCUT2D eigenvalue weighted by Crippen LogP contribution is -2.11. The summed E-state index contributed by atoms with van der Waals surface area (Å²) in [5, 5.41) is 17.0. The van der Waals surface area contributed by atoms with E-state index in [2.05, 4.69) is 10.3 Å². The highest BCUT2D eigenvalue weighted by atomic mass is 32.2. The number of aromatic nitrogens is 1.